The molecule has 2 heterocycles. The van der Waals surface area contributed by atoms with E-state index >= 15 is 0 Å². The molecule has 1 fully saturated rings. The molecule has 3 rings (SSSR count). The van der Waals surface area contributed by atoms with Gasteiger partial charge in [0.2, 0.25) is 0 Å². The van der Waals surface area contributed by atoms with E-state index in [9.17, 15) is 10.1 Å². The zero-order valence-corrected chi connectivity index (χ0v) is 15.6. The smallest absolute Gasteiger partial charge is 0.251 e. The molecule has 1 N–H and O–H groups in total. The van der Waals surface area contributed by atoms with Crippen LogP contribution in [0.1, 0.15) is 19.4 Å². The first-order valence-electron chi connectivity index (χ1n) is 9.17. The highest BCUT2D eigenvalue weighted by molar-refractivity contribution is 5.95. The zero-order chi connectivity index (χ0) is 19.2. The van der Waals surface area contributed by atoms with Crippen LogP contribution in [0.5, 0.6) is 0 Å². The first-order valence-corrected chi connectivity index (χ1v) is 9.17. The van der Waals surface area contributed by atoms with Crippen LogP contribution < -0.4 is 10.2 Å². The van der Waals surface area contributed by atoms with Crippen LogP contribution in [-0.4, -0.2) is 55.9 Å². The van der Waals surface area contributed by atoms with Gasteiger partial charge in [-0.05, 0) is 38.1 Å². The second-order valence-electron chi connectivity index (χ2n) is 6.47. The third-order valence-electron chi connectivity index (χ3n) is 4.51. The number of ether oxygens (including phenoxy) is 2. The third-order valence-corrected chi connectivity index (χ3v) is 4.51. The number of carbonyl (C=O) groups excluding carboxylic acids is 1. The Morgan fingerprint density at radius 2 is 2.30 bits per heavy atom. The van der Waals surface area contributed by atoms with Crippen molar-refractivity contribution >= 4 is 22.5 Å². The number of morpholine rings is 1. The maximum atomic E-state index is 12.5. The van der Waals surface area contributed by atoms with E-state index in [0.717, 1.165) is 11.1 Å². The topological polar surface area (TPSA) is 87.5 Å². The fourth-order valence-electron chi connectivity index (χ4n) is 3.32. The molecule has 1 aromatic carbocycles. The summed E-state index contributed by atoms with van der Waals surface area (Å²) in [5, 5.41) is 13.1. The van der Waals surface area contributed by atoms with E-state index < -0.39 is 6.10 Å². The van der Waals surface area contributed by atoms with Crippen LogP contribution in [0.15, 0.2) is 30.5 Å². The number of hydrogen-bond donors (Lipinski definition) is 1. The predicted octanol–water partition coefficient (Wildman–Crippen LogP) is 1.85. The Balaban J connectivity index is 1.80. The standard InChI is InChI=1S/C20H24N4O3/c1-3-26-10-9-23-20(25)18-13-24(12-14(2)27-18)17-7-6-15(11-21)19-16(17)5-4-8-22-19/h4-8,14,18H,3,9-10,12-13H2,1-2H3,(H,23,25)/t14-,18-/m1/s1. The Bertz CT molecular complexity index is 849. The van der Waals surface area contributed by atoms with Crippen LogP contribution in [0.25, 0.3) is 10.9 Å². The van der Waals surface area contributed by atoms with Gasteiger partial charge < -0.3 is 19.7 Å². The van der Waals surface area contributed by atoms with Crippen molar-refractivity contribution in [3.8, 4) is 6.07 Å². The third kappa shape index (κ3) is 4.35. The van der Waals surface area contributed by atoms with E-state index in [1.165, 1.54) is 0 Å². The summed E-state index contributed by atoms with van der Waals surface area (Å²) in [6.45, 7) is 6.56. The minimum atomic E-state index is -0.558. The van der Waals surface area contributed by atoms with Gasteiger partial charge in [-0.1, -0.05) is 0 Å². The molecule has 0 radical (unpaired) electrons. The van der Waals surface area contributed by atoms with Gasteiger partial charge in [-0.15, -0.1) is 0 Å². The number of benzene rings is 1. The maximum absolute atomic E-state index is 12.5. The molecule has 1 aliphatic heterocycles. The van der Waals surface area contributed by atoms with Gasteiger partial charge in [-0.25, -0.2) is 0 Å². The summed E-state index contributed by atoms with van der Waals surface area (Å²) in [4.78, 5) is 19.0. The highest BCUT2D eigenvalue weighted by Crippen LogP contribution is 2.30. The van der Waals surface area contributed by atoms with Crippen molar-refractivity contribution in [3.63, 3.8) is 0 Å². The van der Waals surface area contributed by atoms with Gasteiger partial charge in [-0.3, -0.25) is 9.78 Å². The number of anilines is 1. The normalized spacial score (nSPS) is 19.7. The minimum absolute atomic E-state index is 0.0937. The number of rotatable bonds is 6. The molecule has 1 aromatic heterocycles. The molecule has 0 bridgehead atoms. The number of amides is 1. The molecule has 1 saturated heterocycles. The Hall–Kier alpha value is -2.69. The Morgan fingerprint density at radius 3 is 3.07 bits per heavy atom. The lowest BCUT2D eigenvalue weighted by Crippen LogP contribution is -2.53. The average Bonchev–Trinajstić information content (AvgIpc) is 2.69. The van der Waals surface area contributed by atoms with Crippen molar-refractivity contribution in [2.75, 3.05) is 37.7 Å². The monoisotopic (exact) mass is 368 g/mol. The van der Waals surface area contributed by atoms with E-state index in [1.54, 1.807) is 12.3 Å². The second kappa shape index (κ2) is 8.80. The Kier molecular flexibility index (Phi) is 6.22. The summed E-state index contributed by atoms with van der Waals surface area (Å²) >= 11 is 0. The summed E-state index contributed by atoms with van der Waals surface area (Å²) in [5.74, 6) is -0.137. The number of aromatic nitrogens is 1. The fraction of sp³-hybridized carbons (Fsp3) is 0.450. The van der Waals surface area contributed by atoms with Gasteiger partial charge in [0.05, 0.1) is 30.3 Å². The van der Waals surface area contributed by atoms with Crippen molar-refractivity contribution in [3.05, 3.63) is 36.0 Å². The van der Waals surface area contributed by atoms with Crippen molar-refractivity contribution in [2.24, 2.45) is 0 Å². The van der Waals surface area contributed by atoms with Gasteiger partial charge in [0, 0.05) is 37.0 Å². The summed E-state index contributed by atoms with van der Waals surface area (Å²) in [6.07, 6.45) is 1.03. The van der Waals surface area contributed by atoms with Crippen molar-refractivity contribution < 1.29 is 14.3 Å². The van der Waals surface area contributed by atoms with E-state index in [2.05, 4.69) is 21.3 Å². The fourth-order valence-corrected chi connectivity index (χ4v) is 3.32. The van der Waals surface area contributed by atoms with Gasteiger partial charge in [0.25, 0.3) is 5.91 Å². The maximum Gasteiger partial charge on any atom is 0.251 e. The lowest BCUT2D eigenvalue weighted by Gasteiger charge is -2.38. The lowest BCUT2D eigenvalue weighted by molar-refractivity contribution is -0.137. The summed E-state index contributed by atoms with van der Waals surface area (Å²) in [7, 11) is 0. The highest BCUT2D eigenvalue weighted by Gasteiger charge is 2.31. The van der Waals surface area contributed by atoms with Crippen LogP contribution in [-0.2, 0) is 14.3 Å². The first kappa shape index (κ1) is 19.1. The number of carbonyl (C=O) groups is 1. The molecule has 142 valence electrons. The summed E-state index contributed by atoms with van der Waals surface area (Å²) < 4.78 is 11.1. The van der Waals surface area contributed by atoms with Gasteiger partial charge in [0.15, 0.2) is 6.10 Å². The van der Waals surface area contributed by atoms with Crippen LogP contribution in [0, 0.1) is 11.3 Å². The molecule has 0 spiro atoms. The summed E-state index contributed by atoms with van der Waals surface area (Å²) in [6, 6.07) is 9.70. The van der Waals surface area contributed by atoms with E-state index in [0.29, 0.717) is 43.9 Å². The van der Waals surface area contributed by atoms with Gasteiger partial charge in [0.1, 0.15) is 6.07 Å². The van der Waals surface area contributed by atoms with Crippen molar-refractivity contribution in [1.29, 1.82) is 5.26 Å². The Morgan fingerprint density at radius 1 is 1.44 bits per heavy atom. The molecule has 27 heavy (non-hydrogen) atoms. The molecule has 7 heteroatoms. The molecule has 7 nitrogen and oxygen atoms in total. The van der Waals surface area contributed by atoms with Gasteiger partial charge >= 0.3 is 0 Å². The Labute approximate surface area is 158 Å². The largest absolute Gasteiger partial charge is 0.380 e. The number of fused-ring (bicyclic) bond motifs is 1. The quantitative estimate of drug-likeness (QED) is 0.783. The molecular formula is C20H24N4O3. The first-order chi connectivity index (χ1) is 13.1. The van der Waals surface area contributed by atoms with Gasteiger partial charge in [-0.2, -0.15) is 5.26 Å². The van der Waals surface area contributed by atoms with Crippen molar-refractivity contribution in [2.45, 2.75) is 26.1 Å². The van der Waals surface area contributed by atoms with E-state index in [4.69, 9.17) is 9.47 Å². The van der Waals surface area contributed by atoms with Crippen molar-refractivity contribution in [1.82, 2.24) is 10.3 Å². The molecule has 0 aliphatic carbocycles. The molecule has 2 atom stereocenters. The molecule has 1 aliphatic rings. The molecule has 2 aromatic rings. The van der Waals surface area contributed by atoms with E-state index in [1.807, 2.05) is 32.0 Å². The molecule has 0 unspecified atom stereocenters. The lowest BCUT2D eigenvalue weighted by atomic mass is 10.1. The number of nitrogens with one attached hydrogen (secondary N) is 1. The van der Waals surface area contributed by atoms with E-state index in [-0.39, 0.29) is 12.0 Å². The number of pyridine rings is 1. The average molecular weight is 368 g/mol. The number of nitriles is 1. The molecule has 1 amide bonds. The zero-order valence-electron chi connectivity index (χ0n) is 15.6. The van der Waals surface area contributed by atoms with Crippen LogP contribution in [0.4, 0.5) is 5.69 Å². The van der Waals surface area contributed by atoms with Crippen LogP contribution in [0.2, 0.25) is 0 Å². The predicted molar refractivity (Wildman–Crippen MR) is 103 cm³/mol. The molecular weight excluding hydrogens is 344 g/mol. The second-order valence-corrected chi connectivity index (χ2v) is 6.47. The molecule has 0 saturated carbocycles. The van der Waals surface area contributed by atoms with Crippen LogP contribution in [0.3, 0.4) is 0 Å². The SMILES string of the molecule is CCOCCNC(=O)[C@H]1CN(c2ccc(C#N)c3ncccc23)C[C@@H](C)O1. The highest BCUT2D eigenvalue weighted by atomic mass is 16.5. The number of nitrogens with zero attached hydrogens (tertiary/aromatic N) is 3. The van der Waals surface area contributed by atoms with Crippen LogP contribution >= 0.6 is 0 Å². The number of hydrogen-bond acceptors (Lipinski definition) is 6. The summed E-state index contributed by atoms with van der Waals surface area (Å²) in [5.41, 5.74) is 2.18. The minimum Gasteiger partial charge on any atom is -0.380 e.